The molecular weight excluding hydrogens is 418 g/mol. The van der Waals surface area contributed by atoms with E-state index in [1.807, 2.05) is 4.90 Å². The molecule has 1 fully saturated rings. The van der Waals surface area contributed by atoms with Gasteiger partial charge >= 0.3 is 6.18 Å². The molecule has 1 aliphatic rings. The van der Waals surface area contributed by atoms with Crippen LogP contribution >= 0.6 is 12.2 Å². The molecule has 0 amide bonds. The fraction of sp³-hybridized carbons (Fsp3) is 0.300. The highest BCUT2D eigenvalue weighted by Gasteiger charge is 2.34. The number of hydrogen-bond acceptors (Lipinski definition) is 4. The molecule has 0 aromatic heterocycles. The molecule has 3 rings (SSSR count). The number of nitrogens with one attached hydrogen (secondary N) is 1. The first-order valence-electron chi connectivity index (χ1n) is 9.24. The Kier molecular flexibility index (Phi) is 6.88. The second-order valence-corrected chi connectivity index (χ2v) is 7.33. The smallest absolute Gasteiger partial charge is 0.375 e. The average molecular weight is 439 g/mol. The molecule has 0 radical (unpaired) electrons. The number of nitrogens with two attached hydrogens (primary N) is 1. The molecule has 2 aromatic rings. The molecule has 1 aliphatic heterocycles. The summed E-state index contributed by atoms with van der Waals surface area (Å²) in [6.45, 7) is 3.25. The molecule has 0 aliphatic carbocycles. The van der Waals surface area contributed by atoms with E-state index in [2.05, 4.69) is 27.6 Å². The van der Waals surface area contributed by atoms with Crippen molar-refractivity contribution in [2.75, 3.05) is 31.1 Å². The lowest BCUT2D eigenvalue weighted by Crippen LogP contribution is -2.46. The Morgan fingerprint density at radius 2 is 1.77 bits per heavy atom. The molecule has 2 aromatic carbocycles. The number of hydrazone groups is 1. The van der Waals surface area contributed by atoms with Gasteiger partial charge in [-0.05, 0) is 42.0 Å². The number of thiocarbonyl (C=S) groups is 1. The van der Waals surface area contributed by atoms with Gasteiger partial charge in [0.05, 0.1) is 11.8 Å². The molecule has 10 heteroatoms. The Morgan fingerprint density at radius 1 is 1.10 bits per heavy atom. The number of alkyl halides is 3. The number of halogens is 4. The van der Waals surface area contributed by atoms with Gasteiger partial charge in [0.2, 0.25) is 0 Å². The molecule has 0 atom stereocenters. The van der Waals surface area contributed by atoms with Crippen LogP contribution in [-0.4, -0.2) is 42.4 Å². The average Bonchev–Trinajstić information content (AvgIpc) is 2.69. The summed E-state index contributed by atoms with van der Waals surface area (Å²) in [6.07, 6.45) is -3.47. The van der Waals surface area contributed by atoms with Crippen LogP contribution in [0.3, 0.4) is 0 Å². The summed E-state index contributed by atoms with van der Waals surface area (Å²) in [5.74, 6) is -0.279. The molecule has 30 heavy (non-hydrogen) atoms. The summed E-state index contributed by atoms with van der Waals surface area (Å²) in [5, 5.41) is 3.50. The Bertz CT molecular complexity index is 906. The second-order valence-electron chi connectivity index (χ2n) is 6.89. The van der Waals surface area contributed by atoms with Crippen molar-refractivity contribution < 1.29 is 17.6 Å². The zero-order chi connectivity index (χ0) is 21.7. The van der Waals surface area contributed by atoms with Crippen LogP contribution in [0.4, 0.5) is 23.2 Å². The van der Waals surface area contributed by atoms with Crippen molar-refractivity contribution in [1.82, 2.24) is 10.3 Å². The maximum atomic E-state index is 13.5. The zero-order valence-corrected chi connectivity index (χ0v) is 16.8. The highest BCUT2D eigenvalue weighted by atomic mass is 32.1. The third-order valence-corrected chi connectivity index (χ3v) is 4.87. The van der Waals surface area contributed by atoms with Crippen molar-refractivity contribution >= 4 is 29.2 Å². The molecule has 1 heterocycles. The third-order valence-electron chi connectivity index (χ3n) is 4.78. The molecule has 0 bridgehead atoms. The summed E-state index contributed by atoms with van der Waals surface area (Å²) in [6, 6.07) is 10.5. The van der Waals surface area contributed by atoms with Crippen LogP contribution in [0, 0.1) is 5.82 Å². The number of benzene rings is 2. The van der Waals surface area contributed by atoms with Crippen molar-refractivity contribution in [3.63, 3.8) is 0 Å². The zero-order valence-electron chi connectivity index (χ0n) is 16.0. The Balaban J connectivity index is 1.68. The van der Waals surface area contributed by atoms with Gasteiger partial charge in [-0.1, -0.05) is 18.2 Å². The van der Waals surface area contributed by atoms with E-state index in [0.717, 1.165) is 17.8 Å². The molecule has 5 nitrogen and oxygen atoms in total. The van der Waals surface area contributed by atoms with Gasteiger partial charge in [-0.3, -0.25) is 10.3 Å². The van der Waals surface area contributed by atoms with Crippen LogP contribution in [0.25, 0.3) is 0 Å². The lowest BCUT2D eigenvalue weighted by atomic mass is 10.1. The van der Waals surface area contributed by atoms with Crippen LogP contribution in [-0.2, 0) is 12.7 Å². The third kappa shape index (κ3) is 5.90. The summed E-state index contributed by atoms with van der Waals surface area (Å²) in [7, 11) is 0. The van der Waals surface area contributed by atoms with E-state index in [9.17, 15) is 17.6 Å². The van der Waals surface area contributed by atoms with Gasteiger partial charge < -0.3 is 10.6 Å². The molecular formula is C20H21F4N5S. The minimum Gasteiger partial charge on any atom is -0.375 e. The lowest BCUT2D eigenvalue weighted by molar-refractivity contribution is -0.137. The van der Waals surface area contributed by atoms with Crippen molar-refractivity contribution in [2.24, 2.45) is 10.8 Å². The molecule has 3 N–H and O–H groups in total. The Morgan fingerprint density at radius 3 is 2.37 bits per heavy atom. The van der Waals surface area contributed by atoms with Crippen LogP contribution in [0.1, 0.15) is 16.7 Å². The largest absolute Gasteiger partial charge is 0.417 e. The van der Waals surface area contributed by atoms with Gasteiger partial charge in [-0.15, -0.1) is 0 Å². The van der Waals surface area contributed by atoms with Crippen molar-refractivity contribution in [3.8, 4) is 0 Å². The van der Waals surface area contributed by atoms with E-state index >= 15 is 0 Å². The maximum Gasteiger partial charge on any atom is 0.417 e. The summed E-state index contributed by atoms with van der Waals surface area (Å²) >= 11 is 4.58. The fourth-order valence-electron chi connectivity index (χ4n) is 3.28. The maximum absolute atomic E-state index is 13.5. The molecule has 0 spiro atoms. The number of hydrogen-bond donors (Lipinski definition) is 2. The first kappa shape index (κ1) is 22.0. The summed E-state index contributed by atoms with van der Waals surface area (Å²) < 4.78 is 53.6. The van der Waals surface area contributed by atoms with Crippen molar-refractivity contribution in [2.45, 2.75) is 12.7 Å². The predicted molar refractivity (Wildman–Crippen MR) is 113 cm³/mol. The molecule has 0 saturated carbocycles. The number of rotatable bonds is 5. The Hall–Kier alpha value is -2.72. The first-order chi connectivity index (χ1) is 14.2. The van der Waals surface area contributed by atoms with Crippen LogP contribution < -0.4 is 16.1 Å². The molecule has 160 valence electrons. The molecule has 1 saturated heterocycles. The van der Waals surface area contributed by atoms with E-state index in [1.54, 1.807) is 18.2 Å². The van der Waals surface area contributed by atoms with Crippen LogP contribution in [0.5, 0.6) is 0 Å². The predicted octanol–water partition coefficient (Wildman–Crippen LogP) is 3.33. The number of nitrogens with zero attached hydrogens (tertiary/aromatic N) is 3. The highest BCUT2D eigenvalue weighted by Crippen LogP contribution is 2.34. The topological polar surface area (TPSA) is 56.9 Å². The number of anilines is 1. The van der Waals surface area contributed by atoms with E-state index in [-0.39, 0.29) is 16.5 Å². The van der Waals surface area contributed by atoms with Gasteiger partial charge in [-0.2, -0.15) is 18.3 Å². The van der Waals surface area contributed by atoms with Gasteiger partial charge in [0.25, 0.3) is 0 Å². The van der Waals surface area contributed by atoms with E-state index in [1.165, 1.54) is 18.2 Å². The molecule has 0 unspecified atom stereocenters. The number of piperazine rings is 1. The monoisotopic (exact) mass is 439 g/mol. The van der Waals surface area contributed by atoms with Crippen molar-refractivity contribution in [1.29, 1.82) is 0 Å². The Labute approximate surface area is 177 Å². The van der Waals surface area contributed by atoms with Gasteiger partial charge in [0.15, 0.2) is 5.11 Å². The quantitative estimate of drug-likeness (QED) is 0.324. The van der Waals surface area contributed by atoms with Gasteiger partial charge in [0.1, 0.15) is 5.82 Å². The minimum atomic E-state index is -4.52. The van der Waals surface area contributed by atoms with Gasteiger partial charge in [-0.25, -0.2) is 4.39 Å². The highest BCUT2D eigenvalue weighted by molar-refractivity contribution is 7.80. The summed E-state index contributed by atoms with van der Waals surface area (Å²) in [4.78, 5) is 4.11. The lowest BCUT2D eigenvalue weighted by Gasteiger charge is -2.36. The van der Waals surface area contributed by atoms with Crippen LogP contribution in [0.15, 0.2) is 47.6 Å². The standard InChI is InChI=1S/C20H21F4N5S/c21-16-4-1-14(2-5-16)13-28-7-9-29(10-8-28)17-6-3-15(12-26-27-19(25)30)18(11-17)20(22,23)24/h1-6,11-12H,7-10,13H2,(H3,25,27,30). The van der Waals surface area contributed by atoms with E-state index < -0.39 is 11.7 Å². The second kappa shape index (κ2) is 9.40. The summed E-state index contributed by atoms with van der Waals surface area (Å²) in [5.41, 5.74) is 8.13. The van der Waals surface area contributed by atoms with E-state index in [4.69, 9.17) is 5.73 Å². The minimum absolute atomic E-state index is 0.0788. The van der Waals surface area contributed by atoms with Gasteiger partial charge in [0, 0.05) is 44.0 Å². The first-order valence-corrected chi connectivity index (χ1v) is 9.65. The normalized spacial score (nSPS) is 15.5. The van der Waals surface area contributed by atoms with E-state index in [0.29, 0.717) is 38.4 Å². The van der Waals surface area contributed by atoms with Crippen molar-refractivity contribution in [3.05, 3.63) is 65.0 Å². The van der Waals surface area contributed by atoms with Crippen LogP contribution in [0.2, 0.25) is 0 Å². The fourth-order valence-corrected chi connectivity index (χ4v) is 3.33. The SMILES string of the molecule is NC(=S)NN=Cc1ccc(N2CCN(Cc3ccc(F)cc3)CC2)cc1C(F)(F)F.